The van der Waals surface area contributed by atoms with Gasteiger partial charge in [-0.05, 0) is 43.2 Å². The Morgan fingerprint density at radius 2 is 2.31 bits per heavy atom. The van der Waals surface area contributed by atoms with Gasteiger partial charge >= 0.3 is 0 Å². The average Bonchev–Trinajstić information content (AvgIpc) is 2.58. The molecule has 72 valence electrons. The van der Waals surface area contributed by atoms with Gasteiger partial charge < -0.3 is 0 Å². The van der Waals surface area contributed by atoms with E-state index in [9.17, 15) is 0 Å². The molecule has 0 aliphatic heterocycles. The summed E-state index contributed by atoms with van der Waals surface area (Å²) in [5.74, 6) is 0.965. The minimum absolute atomic E-state index is 0.965. The molecule has 0 nitrogen and oxygen atoms in total. The third-order valence-electron chi connectivity index (χ3n) is 3.16. The van der Waals surface area contributed by atoms with Crippen molar-refractivity contribution in [3.8, 4) is 0 Å². The Balaban J connectivity index is 2.19. The molecule has 1 atom stereocenters. The van der Waals surface area contributed by atoms with Crippen molar-refractivity contribution in [3.05, 3.63) is 21.4 Å². The zero-order valence-electron chi connectivity index (χ0n) is 8.60. The molecule has 1 heteroatoms. The van der Waals surface area contributed by atoms with Gasteiger partial charge in [-0.25, -0.2) is 0 Å². The molecule has 1 aromatic rings. The quantitative estimate of drug-likeness (QED) is 0.671. The summed E-state index contributed by atoms with van der Waals surface area (Å²) in [4.78, 5) is 3.27. The Morgan fingerprint density at radius 3 is 3.00 bits per heavy atom. The maximum absolute atomic E-state index is 2.45. The van der Waals surface area contributed by atoms with Crippen LogP contribution in [0.5, 0.6) is 0 Å². The molecule has 0 aromatic carbocycles. The molecular formula is C12H18S. The van der Waals surface area contributed by atoms with Crippen LogP contribution in [0.15, 0.2) is 6.07 Å². The molecule has 13 heavy (non-hydrogen) atoms. The van der Waals surface area contributed by atoms with Crippen LogP contribution in [0.4, 0.5) is 0 Å². The number of aryl methyl sites for hydroxylation is 2. The van der Waals surface area contributed by atoms with Crippen molar-refractivity contribution >= 4 is 11.3 Å². The molecule has 0 bridgehead atoms. The van der Waals surface area contributed by atoms with Gasteiger partial charge in [-0.1, -0.05) is 20.3 Å². The van der Waals surface area contributed by atoms with Gasteiger partial charge in [0.25, 0.3) is 0 Å². The van der Waals surface area contributed by atoms with Crippen molar-refractivity contribution in [2.45, 2.75) is 46.0 Å². The smallest absolute Gasteiger partial charge is 0.00803 e. The van der Waals surface area contributed by atoms with E-state index < -0.39 is 0 Å². The summed E-state index contributed by atoms with van der Waals surface area (Å²) < 4.78 is 0. The molecule has 0 fully saturated rings. The van der Waals surface area contributed by atoms with E-state index in [1.54, 1.807) is 15.3 Å². The van der Waals surface area contributed by atoms with Crippen LogP contribution in [0.2, 0.25) is 0 Å². The third-order valence-corrected chi connectivity index (χ3v) is 4.54. The molecule has 1 aromatic heterocycles. The van der Waals surface area contributed by atoms with E-state index in [1.165, 1.54) is 32.1 Å². The van der Waals surface area contributed by atoms with E-state index in [1.807, 2.05) is 11.3 Å². The highest BCUT2D eigenvalue weighted by Crippen LogP contribution is 2.33. The Kier molecular flexibility index (Phi) is 2.73. The molecular weight excluding hydrogens is 176 g/mol. The lowest BCUT2D eigenvalue weighted by molar-refractivity contribution is 0.449. The molecule has 1 unspecified atom stereocenters. The topological polar surface area (TPSA) is 0 Å². The predicted molar refractivity (Wildman–Crippen MR) is 59.5 cm³/mol. The first-order valence-electron chi connectivity index (χ1n) is 5.44. The second-order valence-corrected chi connectivity index (χ2v) is 5.25. The minimum Gasteiger partial charge on any atom is -0.145 e. The van der Waals surface area contributed by atoms with Crippen molar-refractivity contribution in [2.24, 2.45) is 5.92 Å². The molecule has 0 saturated heterocycles. The lowest BCUT2D eigenvalue weighted by Crippen LogP contribution is -2.10. The van der Waals surface area contributed by atoms with Gasteiger partial charge in [-0.3, -0.25) is 0 Å². The van der Waals surface area contributed by atoms with Crippen LogP contribution in [0.3, 0.4) is 0 Å². The van der Waals surface area contributed by atoms with Crippen LogP contribution in [-0.4, -0.2) is 0 Å². The van der Waals surface area contributed by atoms with Gasteiger partial charge in [0.1, 0.15) is 0 Å². The fourth-order valence-corrected chi connectivity index (χ4v) is 3.34. The highest BCUT2D eigenvalue weighted by Gasteiger charge is 2.19. The van der Waals surface area contributed by atoms with Crippen LogP contribution in [0, 0.1) is 5.92 Å². The largest absolute Gasteiger partial charge is 0.145 e. The number of rotatable bonds is 2. The van der Waals surface area contributed by atoms with Crippen molar-refractivity contribution in [3.63, 3.8) is 0 Å². The second kappa shape index (κ2) is 3.83. The van der Waals surface area contributed by atoms with Crippen molar-refractivity contribution in [2.75, 3.05) is 0 Å². The van der Waals surface area contributed by atoms with Gasteiger partial charge in [0.15, 0.2) is 0 Å². The van der Waals surface area contributed by atoms with E-state index in [0.29, 0.717) is 0 Å². The van der Waals surface area contributed by atoms with Crippen LogP contribution >= 0.6 is 11.3 Å². The van der Waals surface area contributed by atoms with Gasteiger partial charge in [-0.15, -0.1) is 11.3 Å². The predicted octanol–water partition coefficient (Wildman–Crippen LogP) is 3.83. The maximum atomic E-state index is 2.45. The number of hydrogen-bond acceptors (Lipinski definition) is 1. The Hall–Kier alpha value is -0.300. The SMILES string of the molecule is CCc1cc2c(s1)CCC(CC)C2. The lowest BCUT2D eigenvalue weighted by Gasteiger charge is -2.20. The second-order valence-electron chi connectivity index (χ2n) is 4.03. The molecule has 1 aliphatic carbocycles. The van der Waals surface area contributed by atoms with Crippen LogP contribution in [-0.2, 0) is 19.3 Å². The number of fused-ring (bicyclic) bond motifs is 1. The van der Waals surface area contributed by atoms with E-state index in [4.69, 9.17) is 0 Å². The van der Waals surface area contributed by atoms with E-state index in [0.717, 1.165) is 5.92 Å². The Labute approximate surface area is 85.0 Å². The van der Waals surface area contributed by atoms with E-state index in [-0.39, 0.29) is 0 Å². The molecule has 0 spiro atoms. The normalized spacial score (nSPS) is 21.5. The monoisotopic (exact) mass is 194 g/mol. The standard InChI is InChI=1S/C12H18S/c1-3-9-5-6-12-10(7-9)8-11(4-2)13-12/h8-9H,3-7H2,1-2H3. The third kappa shape index (κ3) is 1.80. The van der Waals surface area contributed by atoms with Gasteiger partial charge in [0, 0.05) is 9.75 Å². The maximum Gasteiger partial charge on any atom is 0.00803 e. The van der Waals surface area contributed by atoms with Crippen LogP contribution in [0.25, 0.3) is 0 Å². The number of hydrogen-bond donors (Lipinski definition) is 0. The van der Waals surface area contributed by atoms with E-state index >= 15 is 0 Å². The van der Waals surface area contributed by atoms with Crippen LogP contribution in [0.1, 0.15) is 42.0 Å². The zero-order valence-corrected chi connectivity index (χ0v) is 9.41. The molecule has 2 rings (SSSR count). The molecule has 0 saturated carbocycles. The first kappa shape index (κ1) is 9.26. The first-order valence-corrected chi connectivity index (χ1v) is 6.25. The summed E-state index contributed by atoms with van der Waals surface area (Å²) in [6.07, 6.45) is 6.69. The first-order chi connectivity index (χ1) is 6.33. The summed E-state index contributed by atoms with van der Waals surface area (Å²) in [6, 6.07) is 2.45. The molecule has 0 amide bonds. The highest BCUT2D eigenvalue weighted by atomic mass is 32.1. The van der Waals surface area contributed by atoms with Crippen molar-refractivity contribution in [1.82, 2.24) is 0 Å². The molecule has 0 radical (unpaired) electrons. The summed E-state index contributed by atoms with van der Waals surface area (Å²) in [5.41, 5.74) is 1.67. The number of thiophene rings is 1. The van der Waals surface area contributed by atoms with Crippen molar-refractivity contribution < 1.29 is 0 Å². The van der Waals surface area contributed by atoms with Crippen LogP contribution < -0.4 is 0 Å². The molecule has 1 aliphatic rings. The van der Waals surface area contributed by atoms with Gasteiger partial charge in [0.05, 0.1) is 0 Å². The Bertz CT molecular complexity index is 285. The molecule has 1 heterocycles. The van der Waals surface area contributed by atoms with E-state index in [2.05, 4.69) is 19.9 Å². The van der Waals surface area contributed by atoms with Crippen molar-refractivity contribution in [1.29, 1.82) is 0 Å². The summed E-state index contributed by atoms with van der Waals surface area (Å²) >= 11 is 2.05. The average molecular weight is 194 g/mol. The fourth-order valence-electron chi connectivity index (χ4n) is 2.18. The molecule has 0 N–H and O–H groups in total. The summed E-state index contributed by atoms with van der Waals surface area (Å²) in [6.45, 7) is 4.58. The summed E-state index contributed by atoms with van der Waals surface area (Å²) in [7, 11) is 0. The lowest BCUT2D eigenvalue weighted by atomic mass is 9.87. The van der Waals surface area contributed by atoms with Gasteiger partial charge in [-0.2, -0.15) is 0 Å². The fraction of sp³-hybridized carbons (Fsp3) is 0.667. The summed E-state index contributed by atoms with van der Waals surface area (Å²) in [5, 5.41) is 0. The minimum atomic E-state index is 0.965. The Morgan fingerprint density at radius 1 is 1.46 bits per heavy atom. The van der Waals surface area contributed by atoms with Gasteiger partial charge in [0.2, 0.25) is 0 Å². The highest BCUT2D eigenvalue weighted by molar-refractivity contribution is 7.12. The zero-order chi connectivity index (χ0) is 9.26.